The van der Waals surface area contributed by atoms with E-state index in [1.54, 1.807) is 0 Å². The lowest BCUT2D eigenvalue weighted by Crippen LogP contribution is -2.47. The number of hydrogen-bond donors (Lipinski definition) is 1. The third-order valence-electron chi connectivity index (χ3n) is 5.25. The van der Waals surface area contributed by atoms with Crippen molar-refractivity contribution in [1.29, 1.82) is 0 Å². The maximum Gasteiger partial charge on any atom is 0.0845 e. The van der Waals surface area contributed by atoms with E-state index in [1.807, 2.05) is 36.4 Å². The van der Waals surface area contributed by atoms with Crippen molar-refractivity contribution in [3.63, 3.8) is 0 Å². The molecule has 6 heteroatoms. The predicted molar refractivity (Wildman–Crippen MR) is 109 cm³/mol. The van der Waals surface area contributed by atoms with Crippen LogP contribution in [0.1, 0.15) is 0 Å². The second-order valence-electron chi connectivity index (χ2n) is 7.19. The van der Waals surface area contributed by atoms with Gasteiger partial charge in [-0.25, -0.2) is 0 Å². The van der Waals surface area contributed by atoms with Crippen LogP contribution in [0.15, 0.2) is 36.4 Å². The van der Waals surface area contributed by atoms with Gasteiger partial charge in [-0.3, -0.25) is 4.90 Å². The van der Waals surface area contributed by atoms with Gasteiger partial charge in [0.25, 0.3) is 0 Å². The molecule has 26 heavy (non-hydrogen) atoms. The van der Waals surface area contributed by atoms with Crippen molar-refractivity contribution >= 4 is 45.0 Å². The Kier molecular flexibility index (Phi) is 5.13. The molecule has 3 aromatic rings. The van der Waals surface area contributed by atoms with Gasteiger partial charge in [-0.05, 0) is 43.4 Å². The summed E-state index contributed by atoms with van der Waals surface area (Å²) < 4.78 is 2.18. The molecule has 0 bridgehead atoms. The Hall–Kier alpha value is -1.30. The molecule has 0 spiro atoms. The number of benzene rings is 2. The first-order valence-corrected chi connectivity index (χ1v) is 9.73. The van der Waals surface area contributed by atoms with Gasteiger partial charge < -0.3 is 14.6 Å². The Morgan fingerprint density at radius 3 is 1.96 bits per heavy atom. The predicted octanol–water partition coefficient (Wildman–Crippen LogP) is 3.71. The SMILES string of the molecule is CN1CCN(CC(O)Cn2c3ccc(Cl)cc3c3cc(Cl)ccc32)CC1. The van der Waals surface area contributed by atoms with E-state index in [4.69, 9.17) is 23.2 Å². The molecule has 1 unspecified atom stereocenters. The summed E-state index contributed by atoms with van der Waals surface area (Å²) in [7, 11) is 2.14. The molecule has 4 rings (SSSR count). The van der Waals surface area contributed by atoms with E-state index in [0.29, 0.717) is 23.1 Å². The number of β-amino-alcohol motifs (C(OH)–C–C–N with tert-alkyl or cyclic N) is 1. The summed E-state index contributed by atoms with van der Waals surface area (Å²) >= 11 is 12.4. The number of halogens is 2. The minimum absolute atomic E-state index is 0.427. The molecule has 138 valence electrons. The molecule has 1 N–H and O–H groups in total. The molecule has 2 heterocycles. The average Bonchev–Trinajstić information content (AvgIpc) is 2.89. The Balaban J connectivity index is 1.64. The summed E-state index contributed by atoms with van der Waals surface area (Å²) in [5.41, 5.74) is 2.15. The van der Waals surface area contributed by atoms with Crippen LogP contribution in [0.4, 0.5) is 0 Å². The summed E-state index contributed by atoms with van der Waals surface area (Å²) in [6, 6.07) is 11.8. The second kappa shape index (κ2) is 7.37. The van der Waals surface area contributed by atoms with Crippen LogP contribution in [0, 0.1) is 0 Å². The molecular weight excluding hydrogens is 369 g/mol. The van der Waals surface area contributed by atoms with Crippen molar-refractivity contribution in [3.8, 4) is 0 Å². The largest absolute Gasteiger partial charge is 0.390 e. The molecule has 1 aromatic heterocycles. The first-order chi connectivity index (χ1) is 12.5. The summed E-state index contributed by atoms with van der Waals surface area (Å²) in [6.45, 7) is 5.36. The van der Waals surface area contributed by atoms with Crippen molar-refractivity contribution < 1.29 is 5.11 Å². The summed E-state index contributed by atoms with van der Waals surface area (Å²) in [6.07, 6.45) is -0.427. The minimum Gasteiger partial charge on any atom is -0.390 e. The van der Waals surface area contributed by atoms with E-state index in [0.717, 1.165) is 48.0 Å². The first-order valence-electron chi connectivity index (χ1n) is 8.97. The monoisotopic (exact) mass is 391 g/mol. The standard InChI is InChI=1S/C20H23Cl2N3O/c1-23-6-8-24(9-7-23)12-16(26)13-25-19-4-2-14(21)10-17(19)18-11-15(22)3-5-20(18)25/h2-5,10-11,16,26H,6-9,12-13H2,1H3. The lowest BCUT2D eigenvalue weighted by atomic mass is 10.1. The third kappa shape index (κ3) is 3.57. The molecule has 0 amide bonds. The number of nitrogens with zero attached hydrogens (tertiary/aromatic N) is 3. The zero-order valence-corrected chi connectivity index (χ0v) is 16.3. The van der Waals surface area contributed by atoms with Crippen molar-refractivity contribution in [2.24, 2.45) is 0 Å². The second-order valence-corrected chi connectivity index (χ2v) is 8.06. The molecule has 0 saturated carbocycles. The van der Waals surface area contributed by atoms with Crippen LogP contribution in [0.2, 0.25) is 10.0 Å². The van der Waals surface area contributed by atoms with E-state index >= 15 is 0 Å². The Morgan fingerprint density at radius 1 is 0.885 bits per heavy atom. The van der Waals surface area contributed by atoms with Crippen molar-refractivity contribution in [2.75, 3.05) is 39.8 Å². The highest BCUT2D eigenvalue weighted by molar-refractivity contribution is 6.33. The lowest BCUT2D eigenvalue weighted by molar-refractivity contribution is 0.0723. The fraction of sp³-hybridized carbons (Fsp3) is 0.400. The van der Waals surface area contributed by atoms with Gasteiger partial charge in [0.2, 0.25) is 0 Å². The number of fused-ring (bicyclic) bond motifs is 3. The lowest BCUT2D eigenvalue weighted by Gasteiger charge is -2.33. The van der Waals surface area contributed by atoms with E-state index in [1.165, 1.54) is 0 Å². The summed E-state index contributed by atoms with van der Waals surface area (Å²) in [5.74, 6) is 0. The molecule has 1 aliphatic heterocycles. The molecule has 1 saturated heterocycles. The van der Waals surface area contributed by atoms with Crippen LogP contribution in [0.3, 0.4) is 0 Å². The molecular formula is C20H23Cl2N3O. The summed E-state index contributed by atoms with van der Waals surface area (Å²) in [5, 5.41) is 14.3. The van der Waals surface area contributed by atoms with Gasteiger partial charge in [0, 0.05) is 64.6 Å². The van der Waals surface area contributed by atoms with Gasteiger partial charge in [0.1, 0.15) is 0 Å². The highest BCUT2D eigenvalue weighted by Crippen LogP contribution is 2.33. The van der Waals surface area contributed by atoms with Crippen LogP contribution >= 0.6 is 23.2 Å². The zero-order valence-electron chi connectivity index (χ0n) is 14.8. The maximum atomic E-state index is 10.7. The summed E-state index contributed by atoms with van der Waals surface area (Å²) in [4.78, 5) is 4.66. The van der Waals surface area contributed by atoms with Gasteiger partial charge in [-0.1, -0.05) is 23.2 Å². The van der Waals surface area contributed by atoms with Gasteiger partial charge in [-0.15, -0.1) is 0 Å². The number of rotatable bonds is 4. The molecule has 1 aliphatic rings. The highest BCUT2D eigenvalue weighted by Gasteiger charge is 2.19. The topological polar surface area (TPSA) is 31.6 Å². The average molecular weight is 392 g/mol. The minimum atomic E-state index is -0.427. The van der Waals surface area contributed by atoms with Crippen LogP contribution < -0.4 is 0 Å². The number of likely N-dealkylation sites (N-methyl/N-ethyl adjacent to an activating group) is 1. The fourth-order valence-electron chi connectivity index (χ4n) is 3.84. The Morgan fingerprint density at radius 2 is 1.42 bits per heavy atom. The number of aliphatic hydroxyl groups is 1. The molecule has 4 nitrogen and oxygen atoms in total. The van der Waals surface area contributed by atoms with Crippen LogP contribution in [-0.2, 0) is 6.54 Å². The van der Waals surface area contributed by atoms with Gasteiger partial charge in [-0.2, -0.15) is 0 Å². The van der Waals surface area contributed by atoms with Crippen molar-refractivity contribution in [3.05, 3.63) is 46.4 Å². The molecule has 0 aliphatic carbocycles. The van der Waals surface area contributed by atoms with Gasteiger partial charge in [0.15, 0.2) is 0 Å². The number of aromatic nitrogens is 1. The Labute approximate surface area is 163 Å². The maximum absolute atomic E-state index is 10.7. The molecule has 1 fully saturated rings. The molecule has 1 atom stereocenters. The highest BCUT2D eigenvalue weighted by atomic mass is 35.5. The van der Waals surface area contributed by atoms with Crippen molar-refractivity contribution in [2.45, 2.75) is 12.6 Å². The van der Waals surface area contributed by atoms with Crippen LogP contribution in [0.5, 0.6) is 0 Å². The zero-order chi connectivity index (χ0) is 18.3. The number of piperazine rings is 1. The van der Waals surface area contributed by atoms with E-state index in [2.05, 4.69) is 21.4 Å². The number of aliphatic hydroxyl groups excluding tert-OH is 1. The first kappa shape index (κ1) is 18.1. The normalized spacial score (nSPS) is 18.0. The molecule has 0 radical (unpaired) electrons. The quantitative estimate of drug-likeness (QED) is 0.735. The Bertz CT molecular complexity index is 872. The van der Waals surface area contributed by atoms with E-state index < -0.39 is 6.10 Å². The smallest absolute Gasteiger partial charge is 0.0845 e. The third-order valence-corrected chi connectivity index (χ3v) is 5.72. The fourth-order valence-corrected chi connectivity index (χ4v) is 4.19. The van der Waals surface area contributed by atoms with E-state index in [-0.39, 0.29) is 0 Å². The van der Waals surface area contributed by atoms with Crippen LogP contribution in [0.25, 0.3) is 21.8 Å². The number of hydrogen-bond acceptors (Lipinski definition) is 3. The van der Waals surface area contributed by atoms with Gasteiger partial charge >= 0.3 is 0 Å². The van der Waals surface area contributed by atoms with Crippen LogP contribution in [-0.4, -0.2) is 65.3 Å². The molecule has 2 aromatic carbocycles. The van der Waals surface area contributed by atoms with Crippen molar-refractivity contribution in [1.82, 2.24) is 14.4 Å². The van der Waals surface area contributed by atoms with Gasteiger partial charge in [0.05, 0.1) is 12.6 Å². The van der Waals surface area contributed by atoms with E-state index in [9.17, 15) is 5.11 Å².